The van der Waals surface area contributed by atoms with Crippen molar-refractivity contribution in [3.05, 3.63) is 33.8 Å². The quantitative estimate of drug-likeness (QED) is 0.786. The molecule has 0 spiro atoms. The van der Waals surface area contributed by atoms with Crippen molar-refractivity contribution in [2.45, 2.75) is 45.6 Å². The Morgan fingerprint density at radius 2 is 2.10 bits per heavy atom. The summed E-state index contributed by atoms with van der Waals surface area (Å²) in [5, 5.41) is 1.05. The first-order valence-electron chi connectivity index (χ1n) is 7.65. The minimum absolute atomic E-state index is 0.295. The third-order valence-corrected chi connectivity index (χ3v) is 4.92. The van der Waals surface area contributed by atoms with Gasteiger partial charge in [-0.1, -0.05) is 29.3 Å². The summed E-state index contributed by atoms with van der Waals surface area (Å²) >= 11 is 11.9. The molecule has 21 heavy (non-hydrogen) atoms. The van der Waals surface area contributed by atoms with Gasteiger partial charge in [-0.05, 0) is 56.8 Å². The number of halogens is 2. The van der Waals surface area contributed by atoms with Crippen LogP contribution in [0.5, 0.6) is 0 Å². The van der Waals surface area contributed by atoms with Gasteiger partial charge in [-0.2, -0.15) is 0 Å². The fraction of sp³-hybridized carbons (Fsp3) is 0.588. The first-order chi connectivity index (χ1) is 9.95. The largest absolute Gasteiger partial charge is 0.301 e. The molecular formula is C17H23Cl2NO. The van der Waals surface area contributed by atoms with Gasteiger partial charge in [0, 0.05) is 25.4 Å². The summed E-state index contributed by atoms with van der Waals surface area (Å²) < 4.78 is 0. The summed E-state index contributed by atoms with van der Waals surface area (Å²) in [5.41, 5.74) is 0.950. The molecule has 0 aromatic heterocycles. The standard InChI is InChI=1S/C17H23Cl2NO/c1-12(2)20-7-3-4-14(11-20)9-15(21)8-13-5-6-16(18)17(19)10-13/h5-6,10,12,14H,3-4,7-9,11H2,1-2H3/t14-/m0/s1. The lowest BCUT2D eigenvalue weighted by atomic mass is 9.90. The number of nitrogens with zero attached hydrogens (tertiary/aromatic N) is 1. The van der Waals surface area contributed by atoms with Crippen LogP contribution in [0, 0.1) is 5.92 Å². The van der Waals surface area contributed by atoms with E-state index >= 15 is 0 Å². The normalized spacial score (nSPS) is 20.0. The molecule has 1 aromatic carbocycles. The summed E-state index contributed by atoms with van der Waals surface area (Å²) in [7, 11) is 0. The molecule has 4 heteroatoms. The zero-order chi connectivity index (χ0) is 15.4. The molecule has 1 heterocycles. The number of ketones is 1. The molecule has 1 atom stereocenters. The van der Waals surface area contributed by atoms with Crippen molar-refractivity contribution in [1.29, 1.82) is 0 Å². The summed E-state index contributed by atoms with van der Waals surface area (Å²) in [6, 6.07) is 6.00. The van der Waals surface area contributed by atoms with Gasteiger partial charge in [0.05, 0.1) is 10.0 Å². The van der Waals surface area contributed by atoms with Crippen LogP contribution >= 0.6 is 23.2 Å². The molecule has 1 saturated heterocycles. The van der Waals surface area contributed by atoms with Crippen molar-refractivity contribution in [3.8, 4) is 0 Å². The van der Waals surface area contributed by atoms with Crippen LogP contribution in [0.15, 0.2) is 18.2 Å². The molecule has 0 saturated carbocycles. The average molecular weight is 328 g/mol. The van der Waals surface area contributed by atoms with E-state index in [0.29, 0.717) is 40.6 Å². The Hall–Kier alpha value is -0.570. The number of hydrogen-bond acceptors (Lipinski definition) is 2. The van der Waals surface area contributed by atoms with Gasteiger partial charge >= 0.3 is 0 Å². The van der Waals surface area contributed by atoms with E-state index in [2.05, 4.69) is 18.7 Å². The van der Waals surface area contributed by atoms with Gasteiger partial charge in [-0.3, -0.25) is 4.79 Å². The van der Waals surface area contributed by atoms with E-state index < -0.39 is 0 Å². The number of rotatable bonds is 5. The zero-order valence-electron chi connectivity index (χ0n) is 12.7. The Kier molecular flexibility index (Phi) is 6.09. The predicted octanol–water partition coefficient (Wildman–Crippen LogP) is 4.62. The highest BCUT2D eigenvalue weighted by Crippen LogP contribution is 2.25. The van der Waals surface area contributed by atoms with Crippen molar-refractivity contribution in [2.75, 3.05) is 13.1 Å². The molecule has 1 aromatic rings. The fourth-order valence-electron chi connectivity index (χ4n) is 3.00. The van der Waals surface area contributed by atoms with Gasteiger partial charge in [-0.25, -0.2) is 0 Å². The number of carbonyl (C=O) groups excluding carboxylic acids is 1. The van der Waals surface area contributed by atoms with Crippen LogP contribution in [-0.2, 0) is 11.2 Å². The average Bonchev–Trinajstić information content (AvgIpc) is 2.43. The van der Waals surface area contributed by atoms with Gasteiger partial charge in [0.2, 0.25) is 0 Å². The third-order valence-electron chi connectivity index (χ3n) is 4.18. The van der Waals surface area contributed by atoms with Crippen molar-refractivity contribution in [3.63, 3.8) is 0 Å². The van der Waals surface area contributed by atoms with E-state index in [4.69, 9.17) is 23.2 Å². The first kappa shape index (κ1) is 16.8. The maximum Gasteiger partial charge on any atom is 0.137 e. The highest BCUT2D eigenvalue weighted by Gasteiger charge is 2.23. The SMILES string of the molecule is CC(C)N1CCC[C@@H](CC(=O)Cc2ccc(Cl)c(Cl)c2)C1. The maximum absolute atomic E-state index is 12.3. The zero-order valence-corrected chi connectivity index (χ0v) is 14.3. The molecule has 0 amide bonds. The smallest absolute Gasteiger partial charge is 0.137 e. The van der Waals surface area contributed by atoms with Crippen LogP contribution in [0.25, 0.3) is 0 Å². The van der Waals surface area contributed by atoms with E-state index in [0.717, 1.165) is 25.1 Å². The third kappa shape index (κ3) is 4.98. The molecule has 0 bridgehead atoms. The fourth-order valence-corrected chi connectivity index (χ4v) is 3.32. The monoisotopic (exact) mass is 327 g/mol. The van der Waals surface area contributed by atoms with E-state index in [9.17, 15) is 4.79 Å². The van der Waals surface area contributed by atoms with Gasteiger partial charge in [0.15, 0.2) is 0 Å². The molecule has 1 aliphatic rings. The molecule has 0 unspecified atom stereocenters. The predicted molar refractivity (Wildman–Crippen MR) is 89.2 cm³/mol. The second kappa shape index (κ2) is 7.62. The number of benzene rings is 1. The van der Waals surface area contributed by atoms with Gasteiger partial charge in [0.25, 0.3) is 0 Å². The lowest BCUT2D eigenvalue weighted by molar-refractivity contribution is -0.119. The molecular weight excluding hydrogens is 305 g/mol. The van der Waals surface area contributed by atoms with E-state index in [1.54, 1.807) is 12.1 Å². The summed E-state index contributed by atoms with van der Waals surface area (Å²) in [6.07, 6.45) is 3.48. The molecule has 1 fully saturated rings. The Morgan fingerprint density at radius 1 is 1.33 bits per heavy atom. The van der Waals surface area contributed by atoms with E-state index in [-0.39, 0.29) is 0 Å². The van der Waals surface area contributed by atoms with Crippen LogP contribution in [0.3, 0.4) is 0 Å². The van der Waals surface area contributed by atoms with Crippen LogP contribution in [0.2, 0.25) is 10.0 Å². The van der Waals surface area contributed by atoms with Gasteiger partial charge in [0.1, 0.15) is 5.78 Å². The van der Waals surface area contributed by atoms with Crippen LogP contribution in [0.4, 0.5) is 0 Å². The summed E-state index contributed by atoms with van der Waals surface area (Å²) in [6.45, 7) is 6.65. The highest BCUT2D eigenvalue weighted by molar-refractivity contribution is 6.42. The minimum Gasteiger partial charge on any atom is -0.301 e. The molecule has 116 valence electrons. The van der Waals surface area contributed by atoms with Crippen molar-refractivity contribution >= 4 is 29.0 Å². The van der Waals surface area contributed by atoms with Crippen LogP contribution in [-0.4, -0.2) is 29.8 Å². The molecule has 1 aliphatic heterocycles. The van der Waals surface area contributed by atoms with Gasteiger partial charge in [-0.15, -0.1) is 0 Å². The lowest BCUT2D eigenvalue weighted by Gasteiger charge is -2.35. The number of hydrogen-bond donors (Lipinski definition) is 0. The summed E-state index contributed by atoms with van der Waals surface area (Å²) in [4.78, 5) is 14.7. The molecule has 2 nitrogen and oxygen atoms in total. The van der Waals surface area contributed by atoms with E-state index in [1.807, 2.05) is 6.07 Å². The number of carbonyl (C=O) groups is 1. The number of Topliss-reactive ketones (excluding diaryl/α,β-unsaturated/α-hetero) is 1. The molecule has 0 aliphatic carbocycles. The van der Waals surface area contributed by atoms with Crippen molar-refractivity contribution in [1.82, 2.24) is 4.90 Å². The molecule has 0 radical (unpaired) electrons. The number of likely N-dealkylation sites (tertiary alicyclic amines) is 1. The Labute approximate surface area is 137 Å². The van der Waals surface area contributed by atoms with Crippen LogP contribution < -0.4 is 0 Å². The topological polar surface area (TPSA) is 20.3 Å². The van der Waals surface area contributed by atoms with Crippen molar-refractivity contribution < 1.29 is 4.79 Å². The highest BCUT2D eigenvalue weighted by atomic mass is 35.5. The lowest BCUT2D eigenvalue weighted by Crippen LogP contribution is -2.40. The van der Waals surface area contributed by atoms with Crippen molar-refractivity contribution in [2.24, 2.45) is 5.92 Å². The molecule has 0 N–H and O–H groups in total. The Balaban J connectivity index is 1.87. The second-order valence-corrected chi connectivity index (χ2v) is 7.08. The van der Waals surface area contributed by atoms with E-state index in [1.165, 1.54) is 6.42 Å². The summed E-state index contributed by atoms with van der Waals surface area (Å²) in [5.74, 6) is 0.792. The van der Waals surface area contributed by atoms with Gasteiger partial charge < -0.3 is 4.90 Å². The Morgan fingerprint density at radius 3 is 2.76 bits per heavy atom. The Bertz CT molecular complexity index is 502. The number of piperidine rings is 1. The second-order valence-electron chi connectivity index (χ2n) is 6.26. The molecule has 2 rings (SSSR count). The minimum atomic E-state index is 0.295. The van der Waals surface area contributed by atoms with Crippen LogP contribution in [0.1, 0.15) is 38.7 Å². The first-order valence-corrected chi connectivity index (χ1v) is 8.41. The maximum atomic E-state index is 12.3.